The van der Waals surface area contributed by atoms with E-state index in [0.29, 0.717) is 26.1 Å². The number of rotatable bonds is 10. The van der Waals surface area contributed by atoms with Crippen molar-refractivity contribution in [3.05, 3.63) is 71.8 Å². The van der Waals surface area contributed by atoms with Crippen LogP contribution in [0.2, 0.25) is 0 Å². The monoisotopic (exact) mass is 455 g/mol. The van der Waals surface area contributed by atoms with E-state index in [-0.39, 0.29) is 19.3 Å². The average molecular weight is 456 g/mol. The summed E-state index contributed by atoms with van der Waals surface area (Å²) in [5.41, 5.74) is 1.52. The second-order valence-electron chi connectivity index (χ2n) is 8.75. The number of amides is 1. The Morgan fingerprint density at radius 1 is 0.970 bits per heavy atom. The van der Waals surface area contributed by atoms with Crippen molar-refractivity contribution in [2.45, 2.75) is 57.6 Å². The molecule has 0 spiro atoms. The second kappa shape index (κ2) is 11.8. The predicted octanol–water partition coefficient (Wildman–Crippen LogP) is 4.34. The number of methoxy groups -OCH3 is 1. The third-order valence-corrected chi connectivity index (χ3v) is 5.62. The highest BCUT2D eigenvalue weighted by Crippen LogP contribution is 2.28. The normalized spacial score (nSPS) is 18.2. The summed E-state index contributed by atoms with van der Waals surface area (Å²) >= 11 is 0. The molecule has 33 heavy (non-hydrogen) atoms. The number of hydrogen-bond acceptors (Lipinski definition) is 6. The van der Waals surface area contributed by atoms with Crippen LogP contribution in [0.5, 0.6) is 0 Å². The maximum absolute atomic E-state index is 12.7. The summed E-state index contributed by atoms with van der Waals surface area (Å²) in [5.74, 6) is -0.471. The lowest BCUT2D eigenvalue weighted by molar-refractivity contribution is -0.145. The quantitative estimate of drug-likeness (QED) is 0.392. The molecule has 0 unspecified atom stereocenters. The fourth-order valence-electron chi connectivity index (χ4n) is 3.84. The lowest BCUT2D eigenvalue weighted by Gasteiger charge is -2.29. The fourth-order valence-corrected chi connectivity index (χ4v) is 3.84. The number of carbonyl (C=O) groups is 2. The molecule has 1 fully saturated rings. The van der Waals surface area contributed by atoms with Gasteiger partial charge in [-0.2, -0.15) is 0 Å². The first kappa shape index (κ1) is 24.7. The van der Waals surface area contributed by atoms with E-state index in [1.54, 1.807) is 0 Å². The number of ether oxygens (including phenoxy) is 4. The van der Waals surface area contributed by atoms with Crippen molar-refractivity contribution in [2.75, 3.05) is 20.3 Å². The van der Waals surface area contributed by atoms with Crippen LogP contribution in [0.4, 0.5) is 4.79 Å². The minimum absolute atomic E-state index is 0.139. The number of likely N-dealkylation sites (tertiary alicyclic amines) is 1. The highest BCUT2D eigenvalue weighted by atomic mass is 16.6. The molecule has 7 nitrogen and oxygen atoms in total. The van der Waals surface area contributed by atoms with Gasteiger partial charge in [-0.3, -0.25) is 4.90 Å². The molecule has 0 aromatic heterocycles. The van der Waals surface area contributed by atoms with E-state index in [2.05, 4.69) is 0 Å². The zero-order chi connectivity index (χ0) is 23.7. The minimum atomic E-state index is -0.728. The molecule has 0 aliphatic carbocycles. The van der Waals surface area contributed by atoms with Crippen molar-refractivity contribution in [1.82, 2.24) is 4.90 Å². The Morgan fingerprint density at radius 3 is 2.18 bits per heavy atom. The van der Waals surface area contributed by atoms with E-state index in [4.69, 9.17) is 18.9 Å². The van der Waals surface area contributed by atoms with E-state index < -0.39 is 23.7 Å². The Hall–Kier alpha value is -2.90. The zero-order valence-electron chi connectivity index (χ0n) is 19.6. The molecule has 2 aromatic rings. The van der Waals surface area contributed by atoms with Crippen molar-refractivity contribution >= 4 is 12.1 Å². The highest BCUT2D eigenvalue weighted by molar-refractivity contribution is 5.82. The van der Waals surface area contributed by atoms with Crippen molar-refractivity contribution in [2.24, 2.45) is 0 Å². The lowest BCUT2D eigenvalue weighted by atomic mass is 10.0. The van der Waals surface area contributed by atoms with Crippen molar-refractivity contribution in [3.63, 3.8) is 0 Å². The van der Waals surface area contributed by atoms with Gasteiger partial charge in [0.1, 0.15) is 12.6 Å². The van der Waals surface area contributed by atoms with E-state index in [1.165, 1.54) is 12.0 Å². The Balaban J connectivity index is 1.50. The molecule has 3 rings (SSSR count). The summed E-state index contributed by atoms with van der Waals surface area (Å²) in [7, 11) is 1.32. The summed E-state index contributed by atoms with van der Waals surface area (Å²) in [6.07, 6.45) is 0.186. The van der Waals surface area contributed by atoms with Crippen LogP contribution in [-0.2, 0) is 37.0 Å². The number of nitrogens with zero attached hydrogens (tertiary/aromatic N) is 1. The smallest absolute Gasteiger partial charge is 0.410 e. The van der Waals surface area contributed by atoms with Gasteiger partial charge in [-0.1, -0.05) is 60.7 Å². The Kier molecular flexibility index (Phi) is 8.86. The van der Waals surface area contributed by atoms with Crippen LogP contribution in [-0.4, -0.2) is 55.0 Å². The Labute approximate surface area is 195 Å². The molecule has 0 saturated carbocycles. The first-order valence-electron chi connectivity index (χ1n) is 11.2. The van der Waals surface area contributed by atoms with Gasteiger partial charge in [0.05, 0.1) is 32.0 Å². The summed E-state index contributed by atoms with van der Waals surface area (Å²) in [4.78, 5) is 26.4. The lowest BCUT2D eigenvalue weighted by Crippen LogP contribution is -2.41. The van der Waals surface area contributed by atoms with E-state index in [1.807, 2.05) is 74.5 Å². The SMILES string of the molecule is COC(=O)[C@@H]1C[C@@H](OC(C)(C)CCOCc2ccccc2)CN1C(=O)OCc1ccccc1. The zero-order valence-corrected chi connectivity index (χ0v) is 19.6. The molecule has 2 aromatic carbocycles. The van der Waals surface area contributed by atoms with Gasteiger partial charge in [0.2, 0.25) is 0 Å². The number of benzene rings is 2. The van der Waals surface area contributed by atoms with Crippen molar-refractivity contribution in [1.29, 1.82) is 0 Å². The highest BCUT2D eigenvalue weighted by Gasteiger charge is 2.43. The molecule has 1 aliphatic heterocycles. The maximum atomic E-state index is 12.7. The third kappa shape index (κ3) is 7.58. The second-order valence-corrected chi connectivity index (χ2v) is 8.75. The van der Waals surface area contributed by atoms with Crippen LogP contribution in [0.3, 0.4) is 0 Å². The summed E-state index contributed by atoms with van der Waals surface area (Å²) in [6, 6.07) is 18.7. The molecule has 0 bridgehead atoms. The number of carbonyl (C=O) groups excluding carboxylic acids is 2. The van der Waals surface area contributed by atoms with Crippen LogP contribution in [0, 0.1) is 0 Å². The Morgan fingerprint density at radius 2 is 1.58 bits per heavy atom. The van der Waals surface area contributed by atoms with Crippen LogP contribution < -0.4 is 0 Å². The van der Waals surface area contributed by atoms with Gasteiger partial charge in [-0.05, 0) is 31.4 Å². The van der Waals surface area contributed by atoms with Crippen LogP contribution >= 0.6 is 0 Å². The first-order chi connectivity index (χ1) is 15.9. The van der Waals surface area contributed by atoms with Crippen molar-refractivity contribution < 1.29 is 28.5 Å². The van der Waals surface area contributed by atoms with E-state index in [9.17, 15) is 9.59 Å². The number of hydrogen-bond donors (Lipinski definition) is 0. The first-order valence-corrected chi connectivity index (χ1v) is 11.2. The molecule has 1 amide bonds. The standard InChI is InChI=1S/C26H33NO6/c1-26(2,14-15-31-18-20-10-6-4-7-11-20)33-22-16-23(24(28)30-3)27(17-22)25(29)32-19-21-12-8-5-9-13-21/h4-13,22-23H,14-19H2,1-3H3/t22-,23+/m1/s1. The molecule has 0 N–H and O–H groups in total. The molecule has 1 heterocycles. The van der Waals surface area contributed by atoms with Gasteiger partial charge in [0.25, 0.3) is 0 Å². The molecule has 178 valence electrons. The van der Waals surface area contributed by atoms with Crippen LogP contribution in [0.1, 0.15) is 37.8 Å². The van der Waals surface area contributed by atoms with Crippen molar-refractivity contribution in [3.8, 4) is 0 Å². The van der Waals surface area contributed by atoms with Gasteiger partial charge >= 0.3 is 12.1 Å². The summed E-state index contributed by atoms with van der Waals surface area (Å²) in [5, 5.41) is 0. The molecular formula is C26H33NO6. The third-order valence-electron chi connectivity index (χ3n) is 5.62. The van der Waals surface area contributed by atoms with Crippen LogP contribution in [0.15, 0.2) is 60.7 Å². The van der Waals surface area contributed by atoms with E-state index in [0.717, 1.165) is 11.1 Å². The van der Waals surface area contributed by atoms with Crippen LogP contribution in [0.25, 0.3) is 0 Å². The topological polar surface area (TPSA) is 74.3 Å². The van der Waals surface area contributed by atoms with E-state index >= 15 is 0 Å². The number of esters is 1. The summed E-state index contributed by atoms with van der Waals surface area (Å²) in [6.45, 7) is 5.47. The summed E-state index contributed by atoms with van der Waals surface area (Å²) < 4.78 is 22.4. The molecule has 2 atom stereocenters. The molecule has 1 saturated heterocycles. The van der Waals surface area contributed by atoms with Gasteiger partial charge in [0.15, 0.2) is 0 Å². The predicted molar refractivity (Wildman–Crippen MR) is 123 cm³/mol. The average Bonchev–Trinajstić information content (AvgIpc) is 3.24. The molecule has 0 radical (unpaired) electrons. The minimum Gasteiger partial charge on any atom is -0.467 e. The Bertz CT molecular complexity index is 886. The molecular weight excluding hydrogens is 422 g/mol. The fraction of sp³-hybridized carbons (Fsp3) is 0.462. The molecule has 7 heteroatoms. The largest absolute Gasteiger partial charge is 0.467 e. The van der Waals surface area contributed by atoms with Gasteiger partial charge in [0, 0.05) is 13.0 Å². The molecule has 1 aliphatic rings. The maximum Gasteiger partial charge on any atom is 0.410 e. The van der Waals surface area contributed by atoms with Gasteiger partial charge in [-0.15, -0.1) is 0 Å². The van der Waals surface area contributed by atoms with Gasteiger partial charge in [-0.25, -0.2) is 9.59 Å². The van der Waals surface area contributed by atoms with Gasteiger partial charge < -0.3 is 18.9 Å².